The maximum atomic E-state index is 5.70. The Morgan fingerprint density at radius 3 is 2.87 bits per heavy atom. The van der Waals surface area contributed by atoms with Crippen LogP contribution in [0.25, 0.3) is 11.5 Å². The van der Waals surface area contributed by atoms with E-state index >= 15 is 0 Å². The van der Waals surface area contributed by atoms with Crippen molar-refractivity contribution >= 4 is 11.8 Å². The van der Waals surface area contributed by atoms with Crippen LogP contribution in [-0.4, -0.2) is 20.3 Å². The van der Waals surface area contributed by atoms with Crippen LogP contribution in [0.4, 0.5) is 0 Å². The molecule has 7 heteroatoms. The Morgan fingerprint density at radius 2 is 2.04 bits per heavy atom. The van der Waals surface area contributed by atoms with E-state index in [0.29, 0.717) is 28.6 Å². The van der Waals surface area contributed by atoms with Crippen LogP contribution in [0, 0.1) is 6.92 Å². The molecule has 0 spiro atoms. The first-order valence-corrected chi connectivity index (χ1v) is 8.58. The van der Waals surface area contributed by atoms with Gasteiger partial charge in [0.05, 0.1) is 5.75 Å². The van der Waals surface area contributed by atoms with Crippen molar-refractivity contribution in [3.63, 3.8) is 0 Å². The van der Waals surface area contributed by atoms with Crippen LogP contribution in [0.5, 0.6) is 0 Å². The number of hydrogen-bond acceptors (Lipinski definition) is 7. The number of unbranched alkanes of at least 4 members (excludes halogenated alkanes) is 1. The average Bonchev–Trinajstić information content (AvgIpc) is 3.21. The van der Waals surface area contributed by atoms with E-state index in [2.05, 4.69) is 27.3 Å². The molecule has 0 aliphatic carbocycles. The average molecular weight is 330 g/mol. The van der Waals surface area contributed by atoms with Crippen molar-refractivity contribution in [1.82, 2.24) is 20.3 Å². The van der Waals surface area contributed by atoms with Gasteiger partial charge in [-0.25, -0.2) is 0 Å². The van der Waals surface area contributed by atoms with Crippen LogP contribution < -0.4 is 0 Å². The fourth-order valence-corrected chi connectivity index (χ4v) is 2.70. The van der Waals surface area contributed by atoms with Crippen molar-refractivity contribution in [3.8, 4) is 11.5 Å². The Hall–Kier alpha value is -2.15. The highest BCUT2D eigenvalue weighted by Gasteiger charge is 2.13. The molecule has 0 atom stereocenters. The van der Waals surface area contributed by atoms with Gasteiger partial charge in [0.1, 0.15) is 0 Å². The monoisotopic (exact) mass is 330 g/mol. The van der Waals surface area contributed by atoms with Crippen molar-refractivity contribution in [2.45, 2.75) is 44.1 Å². The van der Waals surface area contributed by atoms with Gasteiger partial charge in [-0.2, -0.15) is 4.98 Å². The number of benzene rings is 1. The molecule has 2 heterocycles. The minimum Gasteiger partial charge on any atom is -0.411 e. The molecule has 0 saturated carbocycles. The van der Waals surface area contributed by atoms with Crippen molar-refractivity contribution < 1.29 is 8.94 Å². The van der Waals surface area contributed by atoms with Gasteiger partial charge in [-0.05, 0) is 25.0 Å². The zero-order chi connectivity index (χ0) is 16.1. The number of aryl methyl sites for hydroxylation is 2. The van der Waals surface area contributed by atoms with Crippen LogP contribution in [0.15, 0.2) is 38.4 Å². The number of nitrogens with zero attached hydrogens (tertiary/aromatic N) is 4. The lowest BCUT2D eigenvalue weighted by Crippen LogP contribution is -1.87. The van der Waals surface area contributed by atoms with E-state index in [9.17, 15) is 0 Å². The summed E-state index contributed by atoms with van der Waals surface area (Å²) >= 11 is 1.41. The fraction of sp³-hybridized carbons (Fsp3) is 0.375. The molecule has 3 rings (SSSR count). The summed E-state index contributed by atoms with van der Waals surface area (Å²) in [5.74, 6) is 2.41. The molecule has 0 aliphatic rings. The first-order valence-electron chi connectivity index (χ1n) is 7.60. The maximum absolute atomic E-state index is 5.70. The van der Waals surface area contributed by atoms with Gasteiger partial charge in [-0.3, -0.25) is 0 Å². The molecule has 0 fully saturated rings. The normalized spacial score (nSPS) is 11.0. The summed E-state index contributed by atoms with van der Waals surface area (Å²) in [5.41, 5.74) is 2.06. The van der Waals surface area contributed by atoms with Gasteiger partial charge in [0.2, 0.25) is 11.8 Å². The molecular weight excluding hydrogens is 312 g/mol. The highest BCUT2D eigenvalue weighted by Crippen LogP contribution is 2.26. The van der Waals surface area contributed by atoms with E-state index in [1.165, 1.54) is 11.8 Å². The molecule has 1 aromatic carbocycles. The molecular formula is C16H18N4O2S. The molecule has 2 aromatic heterocycles. The molecule has 3 aromatic rings. The van der Waals surface area contributed by atoms with Crippen LogP contribution >= 0.6 is 11.8 Å². The molecule has 0 amide bonds. The zero-order valence-corrected chi connectivity index (χ0v) is 14.0. The summed E-state index contributed by atoms with van der Waals surface area (Å²) in [4.78, 5) is 4.35. The molecule has 0 aliphatic heterocycles. The Bertz CT molecular complexity index is 769. The van der Waals surface area contributed by atoms with Gasteiger partial charge in [0, 0.05) is 12.0 Å². The second-order valence-corrected chi connectivity index (χ2v) is 6.11. The topological polar surface area (TPSA) is 77.8 Å². The molecule has 0 radical (unpaired) electrons. The summed E-state index contributed by atoms with van der Waals surface area (Å²) in [6.45, 7) is 4.15. The first-order chi connectivity index (χ1) is 11.3. The van der Waals surface area contributed by atoms with Gasteiger partial charge in [0.15, 0.2) is 5.82 Å². The van der Waals surface area contributed by atoms with Crippen molar-refractivity contribution in [3.05, 3.63) is 41.5 Å². The fourth-order valence-electron chi connectivity index (χ4n) is 2.09. The second-order valence-electron chi connectivity index (χ2n) is 5.18. The highest BCUT2D eigenvalue weighted by molar-refractivity contribution is 7.98. The lowest BCUT2D eigenvalue weighted by molar-refractivity contribution is 0.371. The largest absolute Gasteiger partial charge is 0.411 e. The molecule has 0 saturated heterocycles. The standard InChI is InChI=1S/C16H18N4O2S/c1-3-4-9-14-17-13(20-22-14)10-23-16-19-18-15(21-16)12-8-6-5-7-11(12)2/h5-8H,3-4,9-10H2,1-2H3. The van der Waals surface area contributed by atoms with Crippen LogP contribution in [0.3, 0.4) is 0 Å². The molecule has 0 N–H and O–H groups in total. The third-order valence-electron chi connectivity index (χ3n) is 3.36. The van der Waals surface area contributed by atoms with E-state index < -0.39 is 0 Å². The van der Waals surface area contributed by atoms with Crippen molar-refractivity contribution in [2.24, 2.45) is 0 Å². The SMILES string of the molecule is CCCCc1nc(CSc2nnc(-c3ccccc3C)o2)no1. The molecule has 0 bridgehead atoms. The quantitative estimate of drug-likeness (QED) is 0.604. The van der Waals surface area contributed by atoms with Crippen molar-refractivity contribution in [2.75, 3.05) is 0 Å². The number of rotatable bonds is 7. The lowest BCUT2D eigenvalue weighted by atomic mass is 10.1. The van der Waals surface area contributed by atoms with Gasteiger partial charge in [0.25, 0.3) is 5.22 Å². The van der Waals surface area contributed by atoms with Crippen LogP contribution in [-0.2, 0) is 12.2 Å². The minimum atomic E-state index is 0.503. The molecule has 0 unspecified atom stereocenters. The Labute approximate surface area is 138 Å². The van der Waals surface area contributed by atoms with E-state index in [1.807, 2.05) is 31.2 Å². The van der Waals surface area contributed by atoms with Gasteiger partial charge in [-0.15, -0.1) is 10.2 Å². The summed E-state index contributed by atoms with van der Waals surface area (Å²) < 4.78 is 10.9. The van der Waals surface area contributed by atoms with E-state index in [-0.39, 0.29) is 0 Å². The lowest BCUT2D eigenvalue weighted by Gasteiger charge is -1.98. The van der Waals surface area contributed by atoms with E-state index in [1.54, 1.807) is 0 Å². The Kier molecular flexibility index (Phi) is 5.07. The van der Waals surface area contributed by atoms with Gasteiger partial charge >= 0.3 is 0 Å². The number of thioether (sulfide) groups is 1. The van der Waals surface area contributed by atoms with Crippen molar-refractivity contribution in [1.29, 1.82) is 0 Å². The van der Waals surface area contributed by atoms with E-state index in [0.717, 1.165) is 30.4 Å². The highest BCUT2D eigenvalue weighted by atomic mass is 32.2. The van der Waals surface area contributed by atoms with Gasteiger partial charge in [-0.1, -0.05) is 48.5 Å². The predicted molar refractivity (Wildman–Crippen MR) is 86.9 cm³/mol. The summed E-state index contributed by atoms with van der Waals surface area (Å²) in [6, 6.07) is 7.92. The number of aromatic nitrogens is 4. The Morgan fingerprint density at radius 1 is 1.17 bits per heavy atom. The molecule has 23 heavy (non-hydrogen) atoms. The van der Waals surface area contributed by atoms with E-state index in [4.69, 9.17) is 8.94 Å². The smallest absolute Gasteiger partial charge is 0.277 e. The maximum Gasteiger partial charge on any atom is 0.277 e. The third-order valence-corrected chi connectivity index (χ3v) is 4.18. The van der Waals surface area contributed by atoms with Crippen LogP contribution in [0.1, 0.15) is 37.0 Å². The summed E-state index contributed by atoms with van der Waals surface area (Å²) in [6.07, 6.45) is 2.99. The van der Waals surface area contributed by atoms with Crippen LogP contribution in [0.2, 0.25) is 0 Å². The summed E-state index contributed by atoms with van der Waals surface area (Å²) in [5, 5.41) is 12.6. The molecule has 120 valence electrons. The second kappa shape index (κ2) is 7.41. The third kappa shape index (κ3) is 3.98. The number of hydrogen-bond donors (Lipinski definition) is 0. The summed E-state index contributed by atoms with van der Waals surface area (Å²) in [7, 11) is 0. The first kappa shape index (κ1) is 15.7. The zero-order valence-electron chi connectivity index (χ0n) is 13.2. The Balaban J connectivity index is 1.61. The minimum absolute atomic E-state index is 0.503. The predicted octanol–water partition coefficient (Wildman–Crippen LogP) is 4.06. The molecule has 6 nitrogen and oxygen atoms in total. The van der Waals surface area contributed by atoms with Gasteiger partial charge < -0.3 is 8.94 Å².